The molecule has 1 aliphatic heterocycles. The average molecular weight is 329 g/mol. The van der Waals surface area contributed by atoms with Gasteiger partial charge in [-0.3, -0.25) is 14.9 Å². The maximum absolute atomic E-state index is 12.1. The van der Waals surface area contributed by atoms with Gasteiger partial charge in [-0.05, 0) is 55.7 Å². The molecule has 6 nitrogen and oxygen atoms in total. The van der Waals surface area contributed by atoms with Crippen molar-refractivity contribution in [2.24, 2.45) is 0 Å². The fraction of sp³-hybridized carbons (Fsp3) is 0.500. The molecule has 3 rings (SSSR count). The summed E-state index contributed by atoms with van der Waals surface area (Å²) in [5, 5.41) is 7.63. The van der Waals surface area contributed by atoms with E-state index in [4.69, 9.17) is 0 Å². The number of imide groups is 1. The van der Waals surface area contributed by atoms with Gasteiger partial charge >= 0.3 is 6.03 Å². The SMILES string of the molecule is C[C@@H](NC(=O)CC[C@H]1NC(=O)NC1=O)c1ccc2c(c1)CCCC2. The number of nitrogens with one attached hydrogen (secondary N) is 3. The molecule has 2 atom stereocenters. The highest BCUT2D eigenvalue weighted by Crippen LogP contribution is 2.24. The van der Waals surface area contributed by atoms with Crippen molar-refractivity contribution in [3.63, 3.8) is 0 Å². The molecule has 1 heterocycles. The molecule has 3 N–H and O–H groups in total. The number of benzene rings is 1. The molecule has 4 amide bonds. The smallest absolute Gasteiger partial charge is 0.322 e. The molecule has 0 unspecified atom stereocenters. The van der Waals surface area contributed by atoms with E-state index in [0.29, 0.717) is 6.42 Å². The Bertz CT molecular complexity index is 671. The highest BCUT2D eigenvalue weighted by molar-refractivity contribution is 6.04. The van der Waals surface area contributed by atoms with Crippen molar-refractivity contribution in [2.45, 2.75) is 57.5 Å². The van der Waals surface area contributed by atoms with Crippen LogP contribution in [0.3, 0.4) is 0 Å². The lowest BCUT2D eigenvalue weighted by Crippen LogP contribution is -2.32. The number of carbonyl (C=O) groups is 3. The number of fused-ring (bicyclic) bond motifs is 1. The Morgan fingerprint density at radius 3 is 2.71 bits per heavy atom. The molecule has 128 valence electrons. The first kappa shape index (κ1) is 16.5. The highest BCUT2D eigenvalue weighted by atomic mass is 16.2. The Hall–Kier alpha value is -2.37. The number of carbonyl (C=O) groups excluding carboxylic acids is 3. The summed E-state index contributed by atoms with van der Waals surface area (Å²) in [6.45, 7) is 1.96. The van der Waals surface area contributed by atoms with Gasteiger partial charge in [0.05, 0.1) is 6.04 Å². The topological polar surface area (TPSA) is 87.3 Å². The first-order valence-electron chi connectivity index (χ1n) is 8.55. The van der Waals surface area contributed by atoms with Crippen LogP contribution in [0.25, 0.3) is 0 Å². The fourth-order valence-corrected chi connectivity index (χ4v) is 3.36. The van der Waals surface area contributed by atoms with Gasteiger partial charge in [0.1, 0.15) is 6.04 Å². The van der Waals surface area contributed by atoms with Crippen LogP contribution in [0.1, 0.15) is 55.3 Å². The fourth-order valence-electron chi connectivity index (χ4n) is 3.36. The summed E-state index contributed by atoms with van der Waals surface area (Å²) in [5.41, 5.74) is 3.92. The number of aryl methyl sites for hydroxylation is 2. The first-order chi connectivity index (χ1) is 11.5. The molecule has 1 aromatic carbocycles. The lowest BCUT2D eigenvalue weighted by molar-refractivity contribution is -0.122. The average Bonchev–Trinajstić information content (AvgIpc) is 2.90. The van der Waals surface area contributed by atoms with Gasteiger partial charge in [0.25, 0.3) is 5.91 Å². The largest absolute Gasteiger partial charge is 0.350 e. The van der Waals surface area contributed by atoms with Crippen LogP contribution in [-0.4, -0.2) is 23.9 Å². The zero-order chi connectivity index (χ0) is 17.1. The molecule has 1 aliphatic carbocycles. The predicted octanol–water partition coefficient (Wildman–Crippen LogP) is 1.73. The second kappa shape index (κ2) is 7.03. The van der Waals surface area contributed by atoms with Gasteiger partial charge in [0, 0.05) is 6.42 Å². The zero-order valence-electron chi connectivity index (χ0n) is 13.9. The van der Waals surface area contributed by atoms with E-state index in [1.807, 2.05) is 6.92 Å². The molecule has 1 saturated heterocycles. The molecular weight excluding hydrogens is 306 g/mol. The standard InChI is InChI=1S/C18H23N3O3/c1-11(13-7-6-12-4-2-3-5-14(12)10-13)19-16(22)9-8-15-17(23)21-18(24)20-15/h6-7,10-11,15H,2-5,8-9H2,1H3,(H,19,22)(H2,20,21,23,24)/t11-,15-/m1/s1. The molecule has 24 heavy (non-hydrogen) atoms. The van der Waals surface area contributed by atoms with Crippen molar-refractivity contribution < 1.29 is 14.4 Å². The van der Waals surface area contributed by atoms with Gasteiger partial charge in [-0.2, -0.15) is 0 Å². The predicted molar refractivity (Wildman–Crippen MR) is 89.3 cm³/mol. The molecule has 6 heteroatoms. The van der Waals surface area contributed by atoms with Crippen molar-refractivity contribution in [1.82, 2.24) is 16.0 Å². The van der Waals surface area contributed by atoms with Crippen molar-refractivity contribution in [3.8, 4) is 0 Å². The van der Waals surface area contributed by atoms with Crippen molar-refractivity contribution in [2.75, 3.05) is 0 Å². The summed E-state index contributed by atoms with van der Waals surface area (Å²) in [7, 11) is 0. The van der Waals surface area contributed by atoms with E-state index in [1.165, 1.54) is 24.0 Å². The summed E-state index contributed by atoms with van der Waals surface area (Å²) in [6.07, 6.45) is 5.25. The molecule has 2 aliphatic rings. The summed E-state index contributed by atoms with van der Waals surface area (Å²) in [4.78, 5) is 34.6. The minimum Gasteiger partial charge on any atom is -0.350 e. The molecule has 1 fully saturated rings. The van der Waals surface area contributed by atoms with Crippen LogP contribution in [-0.2, 0) is 22.4 Å². The molecule has 0 spiro atoms. The minimum absolute atomic E-state index is 0.0725. The Kier molecular flexibility index (Phi) is 4.83. The zero-order valence-corrected chi connectivity index (χ0v) is 13.9. The monoisotopic (exact) mass is 329 g/mol. The Morgan fingerprint density at radius 1 is 1.25 bits per heavy atom. The van der Waals surface area contributed by atoms with E-state index in [1.54, 1.807) is 0 Å². The van der Waals surface area contributed by atoms with Crippen molar-refractivity contribution in [1.29, 1.82) is 0 Å². The molecular formula is C18H23N3O3. The van der Waals surface area contributed by atoms with Crippen LogP contribution < -0.4 is 16.0 Å². The summed E-state index contributed by atoms with van der Waals surface area (Å²) in [6, 6.07) is 5.28. The third-order valence-electron chi connectivity index (χ3n) is 4.77. The number of hydrogen-bond acceptors (Lipinski definition) is 3. The maximum Gasteiger partial charge on any atom is 0.322 e. The maximum atomic E-state index is 12.1. The van der Waals surface area contributed by atoms with Crippen molar-refractivity contribution in [3.05, 3.63) is 34.9 Å². The minimum atomic E-state index is -0.609. The molecule has 0 bridgehead atoms. The second-order valence-electron chi connectivity index (χ2n) is 6.58. The Labute approximate surface area is 141 Å². The number of hydrogen-bond donors (Lipinski definition) is 3. The van der Waals surface area contributed by atoms with E-state index in [-0.39, 0.29) is 24.3 Å². The van der Waals surface area contributed by atoms with E-state index < -0.39 is 12.1 Å². The van der Waals surface area contributed by atoms with E-state index in [0.717, 1.165) is 18.4 Å². The Balaban J connectivity index is 1.52. The number of rotatable bonds is 5. The van der Waals surface area contributed by atoms with Gasteiger partial charge in [-0.15, -0.1) is 0 Å². The third-order valence-corrected chi connectivity index (χ3v) is 4.77. The van der Waals surface area contributed by atoms with E-state index >= 15 is 0 Å². The number of urea groups is 1. The summed E-state index contributed by atoms with van der Waals surface area (Å²) >= 11 is 0. The van der Waals surface area contributed by atoms with Crippen LogP contribution >= 0.6 is 0 Å². The van der Waals surface area contributed by atoms with Crippen LogP contribution in [0.2, 0.25) is 0 Å². The Morgan fingerprint density at radius 2 is 2.00 bits per heavy atom. The van der Waals surface area contributed by atoms with Crippen LogP contribution in [0, 0.1) is 0 Å². The lowest BCUT2D eigenvalue weighted by Gasteiger charge is -2.20. The van der Waals surface area contributed by atoms with Gasteiger partial charge in [0.15, 0.2) is 0 Å². The normalized spacial score (nSPS) is 20.8. The highest BCUT2D eigenvalue weighted by Gasteiger charge is 2.29. The van der Waals surface area contributed by atoms with Gasteiger partial charge in [0.2, 0.25) is 5.91 Å². The van der Waals surface area contributed by atoms with E-state index in [9.17, 15) is 14.4 Å². The molecule has 0 saturated carbocycles. The van der Waals surface area contributed by atoms with Crippen LogP contribution in [0.4, 0.5) is 4.79 Å². The molecule has 1 aromatic rings. The summed E-state index contributed by atoms with van der Waals surface area (Å²) in [5.74, 6) is -0.482. The quantitative estimate of drug-likeness (QED) is 0.719. The van der Waals surface area contributed by atoms with Crippen molar-refractivity contribution >= 4 is 17.8 Å². The lowest BCUT2D eigenvalue weighted by atomic mass is 9.89. The van der Waals surface area contributed by atoms with Crippen LogP contribution in [0.5, 0.6) is 0 Å². The first-order valence-corrected chi connectivity index (χ1v) is 8.55. The van der Waals surface area contributed by atoms with Gasteiger partial charge in [-0.1, -0.05) is 18.2 Å². The van der Waals surface area contributed by atoms with Crippen LogP contribution in [0.15, 0.2) is 18.2 Å². The number of amides is 4. The molecule has 0 radical (unpaired) electrons. The summed E-state index contributed by atoms with van der Waals surface area (Å²) < 4.78 is 0. The van der Waals surface area contributed by atoms with E-state index in [2.05, 4.69) is 34.1 Å². The van der Waals surface area contributed by atoms with Gasteiger partial charge in [-0.25, -0.2) is 4.79 Å². The molecule has 0 aromatic heterocycles. The second-order valence-corrected chi connectivity index (χ2v) is 6.58. The third kappa shape index (κ3) is 3.75. The van der Waals surface area contributed by atoms with Gasteiger partial charge < -0.3 is 10.6 Å².